The van der Waals surface area contributed by atoms with Crippen molar-refractivity contribution in [3.63, 3.8) is 0 Å². The van der Waals surface area contributed by atoms with Gasteiger partial charge >= 0.3 is 0 Å². The lowest BCUT2D eigenvalue weighted by Gasteiger charge is -2.34. The molecule has 1 aromatic carbocycles. The van der Waals surface area contributed by atoms with Crippen LogP contribution in [0.25, 0.3) is 10.8 Å². The van der Waals surface area contributed by atoms with Crippen molar-refractivity contribution in [1.29, 1.82) is 0 Å². The number of ether oxygens (including phenoxy) is 2. The SMILES string of the molecule is C=C[C@@H]1C[C@@]1(C(=O)NS(=O)(=O)C1CC1)N1C[C@H](Oc2ncc(OC)c3ccc(Cl)cc23)C[C@H]1C(=O)NC(=O)[C@@H](Nc1cc(C)nc(C)c1)C(C)(C)C. The molecule has 0 radical (unpaired) electrons. The van der Waals surface area contributed by atoms with E-state index in [1.807, 2.05) is 46.8 Å². The summed E-state index contributed by atoms with van der Waals surface area (Å²) in [6.45, 7) is 13.3. The summed E-state index contributed by atoms with van der Waals surface area (Å²) in [6, 6.07) is 6.99. The van der Waals surface area contributed by atoms with Crippen LogP contribution in [-0.4, -0.2) is 83.6 Å². The largest absolute Gasteiger partial charge is 0.494 e. The van der Waals surface area contributed by atoms with Crippen molar-refractivity contribution in [2.45, 2.75) is 89.3 Å². The maximum Gasteiger partial charge on any atom is 0.254 e. The molecule has 6 rings (SSSR count). The number of rotatable bonds is 12. The van der Waals surface area contributed by atoms with Gasteiger partial charge in [-0.2, -0.15) is 0 Å². The molecule has 3 N–H and O–H groups in total. The molecule has 2 aromatic heterocycles. The molecule has 3 aromatic rings. The average molecular weight is 753 g/mol. The topological polar surface area (TPSA) is 169 Å². The Hall–Kier alpha value is -4.27. The van der Waals surface area contributed by atoms with Gasteiger partial charge < -0.3 is 14.8 Å². The lowest BCUT2D eigenvalue weighted by Crippen LogP contribution is -2.59. The Labute approximate surface area is 308 Å². The average Bonchev–Trinajstić information content (AvgIpc) is 3.99. The molecule has 0 unspecified atom stereocenters. The molecular weight excluding hydrogens is 708 g/mol. The van der Waals surface area contributed by atoms with Crippen LogP contribution < -0.4 is 24.8 Å². The molecule has 3 amide bonds. The summed E-state index contributed by atoms with van der Waals surface area (Å²) in [4.78, 5) is 52.8. The molecule has 13 nitrogen and oxygen atoms in total. The molecule has 0 bridgehead atoms. The smallest absolute Gasteiger partial charge is 0.254 e. The summed E-state index contributed by atoms with van der Waals surface area (Å²) in [5.41, 5.74) is 0.200. The predicted molar refractivity (Wildman–Crippen MR) is 198 cm³/mol. The van der Waals surface area contributed by atoms with E-state index in [1.165, 1.54) is 13.3 Å². The van der Waals surface area contributed by atoms with Gasteiger partial charge in [0.2, 0.25) is 27.7 Å². The monoisotopic (exact) mass is 752 g/mol. The minimum absolute atomic E-state index is 0.0554. The molecule has 15 heteroatoms. The molecule has 52 heavy (non-hydrogen) atoms. The zero-order valence-corrected chi connectivity index (χ0v) is 31.7. The third-order valence-corrected chi connectivity index (χ3v) is 12.0. The number of carbonyl (C=O) groups is 3. The zero-order valence-electron chi connectivity index (χ0n) is 30.2. The molecule has 1 aliphatic heterocycles. The fourth-order valence-corrected chi connectivity index (χ4v) is 8.67. The highest BCUT2D eigenvalue weighted by molar-refractivity contribution is 7.91. The van der Waals surface area contributed by atoms with E-state index in [9.17, 15) is 22.8 Å². The predicted octanol–water partition coefficient (Wildman–Crippen LogP) is 4.45. The molecule has 3 fully saturated rings. The van der Waals surface area contributed by atoms with Gasteiger partial charge in [0.05, 0.1) is 24.6 Å². The minimum Gasteiger partial charge on any atom is -0.494 e. The number of amides is 3. The Bertz CT molecular complexity index is 2030. The second kappa shape index (κ2) is 13.9. The van der Waals surface area contributed by atoms with E-state index in [4.69, 9.17) is 21.1 Å². The molecule has 2 aliphatic carbocycles. The van der Waals surface area contributed by atoms with E-state index in [1.54, 1.807) is 29.2 Å². The maximum atomic E-state index is 14.3. The van der Waals surface area contributed by atoms with Gasteiger partial charge in [0.25, 0.3) is 5.91 Å². The number of hydrogen-bond acceptors (Lipinski definition) is 11. The van der Waals surface area contributed by atoms with Gasteiger partial charge in [-0.1, -0.05) is 38.4 Å². The lowest BCUT2D eigenvalue weighted by atomic mass is 9.85. The van der Waals surface area contributed by atoms with Gasteiger partial charge in [0.15, 0.2) is 0 Å². The second-order valence-electron chi connectivity index (χ2n) is 15.0. The summed E-state index contributed by atoms with van der Waals surface area (Å²) in [5.74, 6) is -1.62. The van der Waals surface area contributed by atoms with Crippen LogP contribution in [0, 0.1) is 25.2 Å². The summed E-state index contributed by atoms with van der Waals surface area (Å²) in [6.07, 6.45) is 3.68. The van der Waals surface area contributed by atoms with Crippen molar-refractivity contribution in [3.8, 4) is 11.6 Å². The number of halogens is 1. The first-order valence-corrected chi connectivity index (χ1v) is 19.2. The number of anilines is 1. The highest BCUT2D eigenvalue weighted by atomic mass is 35.5. The van der Waals surface area contributed by atoms with Gasteiger partial charge in [0, 0.05) is 51.8 Å². The lowest BCUT2D eigenvalue weighted by molar-refractivity contribution is -0.136. The normalized spacial score (nSPS) is 23.8. The molecule has 1 saturated heterocycles. The van der Waals surface area contributed by atoms with Crippen LogP contribution in [0.3, 0.4) is 0 Å². The molecule has 2 saturated carbocycles. The number of nitrogens with zero attached hydrogens (tertiary/aromatic N) is 3. The number of nitrogens with one attached hydrogen (secondary N) is 3. The Morgan fingerprint density at radius 3 is 2.40 bits per heavy atom. The minimum atomic E-state index is -3.90. The van der Waals surface area contributed by atoms with E-state index < -0.39 is 68.1 Å². The van der Waals surface area contributed by atoms with E-state index >= 15 is 0 Å². The van der Waals surface area contributed by atoms with Crippen molar-refractivity contribution < 1.29 is 32.3 Å². The van der Waals surface area contributed by atoms with Crippen molar-refractivity contribution in [2.75, 3.05) is 19.0 Å². The molecule has 0 spiro atoms. The molecule has 3 aliphatic rings. The quantitative estimate of drug-likeness (QED) is 0.224. The zero-order chi connectivity index (χ0) is 37.7. The highest BCUT2D eigenvalue weighted by Crippen LogP contribution is 2.53. The Morgan fingerprint density at radius 1 is 1.12 bits per heavy atom. The van der Waals surface area contributed by atoms with Crippen LogP contribution >= 0.6 is 11.6 Å². The molecule has 3 heterocycles. The number of aromatic nitrogens is 2. The van der Waals surface area contributed by atoms with Crippen LogP contribution in [0.5, 0.6) is 11.6 Å². The van der Waals surface area contributed by atoms with Crippen molar-refractivity contribution in [1.82, 2.24) is 24.9 Å². The summed E-state index contributed by atoms with van der Waals surface area (Å²) in [7, 11) is -2.37. The maximum absolute atomic E-state index is 14.3. The fraction of sp³-hybridized carbons (Fsp3) is 0.486. The third-order valence-electron chi connectivity index (χ3n) is 9.98. The fourth-order valence-electron chi connectivity index (χ4n) is 7.14. The van der Waals surface area contributed by atoms with E-state index in [0.29, 0.717) is 40.1 Å². The van der Waals surface area contributed by atoms with Crippen LogP contribution in [0.4, 0.5) is 5.69 Å². The first-order chi connectivity index (χ1) is 24.5. The van der Waals surface area contributed by atoms with Crippen molar-refractivity contribution in [2.24, 2.45) is 11.3 Å². The first-order valence-electron chi connectivity index (χ1n) is 17.3. The first kappa shape index (κ1) is 37.5. The molecular formula is C37H45ClN6O7S. The van der Waals surface area contributed by atoms with Crippen LogP contribution in [0.2, 0.25) is 5.02 Å². The molecule has 278 valence electrons. The Morgan fingerprint density at radius 2 is 1.81 bits per heavy atom. The van der Waals surface area contributed by atoms with Gasteiger partial charge in [-0.25, -0.2) is 13.4 Å². The summed E-state index contributed by atoms with van der Waals surface area (Å²) in [5, 5.41) is 7.02. The van der Waals surface area contributed by atoms with Gasteiger partial charge in [-0.05, 0) is 68.9 Å². The van der Waals surface area contributed by atoms with Crippen molar-refractivity contribution >= 4 is 55.8 Å². The van der Waals surface area contributed by atoms with E-state index in [-0.39, 0.29) is 25.3 Å². The van der Waals surface area contributed by atoms with Crippen LogP contribution in [0.15, 0.2) is 49.2 Å². The number of hydrogen-bond donors (Lipinski definition) is 3. The Kier molecular flexibility index (Phi) is 10.0. The van der Waals surface area contributed by atoms with E-state index in [2.05, 4.69) is 31.9 Å². The van der Waals surface area contributed by atoms with Gasteiger partial charge in [0.1, 0.15) is 23.4 Å². The number of pyridine rings is 2. The Balaban J connectivity index is 1.32. The standard InChI is InChI=1S/C37H45ClN6O7S/c1-8-22-17-37(22,35(47)43-52(48,49)26-10-11-26)44-19-25(51-34-28-15-23(38)9-12-27(28)30(50-7)18-39-34)16-29(44)32(45)42-33(46)31(36(4,5)6)41-24-13-20(2)40-21(3)14-24/h8-9,12-15,18,22,25-26,29,31H,1,10-11,16-17,19H2,2-7H3,(H,40,41)(H,43,47)(H,42,45,46)/t22-,25-,29+,31-,37-/m1/s1. The summed E-state index contributed by atoms with van der Waals surface area (Å²) < 4.78 is 40.1. The number of sulfonamides is 1. The number of aryl methyl sites for hydroxylation is 2. The number of benzene rings is 1. The van der Waals surface area contributed by atoms with E-state index in [0.717, 1.165) is 11.4 Å². The van der Waals surface area contributed by atoms with Crippen LogP contribution in [0.1, 0.15) is 57.8 Å². The number of likely N-dealkylation sites (tertiary alicyclic amines) is 1. The van der Waals surface area contributed by atoms with Crippen molar-refractivity contribution in [3.05, 3.63) is 65.6 Å². The van der Waals surface area contributed by atoms with Crippen LogP contribution in [-0.2, 0) is 24.4 Å². The van der Waals surface area contributed by atoms with Gasteiger partial charge in [-0.15, -0.1) is 6.58 Å². The molecule has 5 atom stereocenters. The number of carbonyl (C=O) groups excluding carboxylic acids is 3. The highest BCUT2D eigenvalue weighted by Gasteiger charge is 2.67. The third kappa shape index (κ3) is 7.46. The number of imide groups is 1. The summed E-state index contributed by atoms with van der Waals surface area (Å²) >= 11 is 6.35. The number of methoxy groups -OCH3 is 1. The van der Waals surface area contributed by atoms with Gasteiger partial charge in [-0.3, -0.25) is 34.3 Å². The second-order valence-corrected chi connectivity index (χ2v) is 17.4. The number of fused-ring (bicyclic) bond motifs is 1.